The van der Waals surface area contributed by atoms with Crippen LogP contribution in [0.1, 0.15) is 36.2 Å². The van der Waals surface area contributed by atoms with Crippen molar-refractivity contribution in [2.75, 3.05) is 0 Å². The summed E-state index contributed by atoms with van der Waals surface area (Å²) in [6.07, 6.45) is 8.72. The quantitative estimate of drug-likeness (QED) is 0.824. The van der Waals surface area contributed by atoms with Crippen molar-refractivity contribution in [3.63, 3.8) is 0 Å². The SMILES string of the molecule is Cl.NC1CCCCC1NC(=O)c1cnccn1. The van der Waals surface area contributed by atoms with Gasteiger partial charge in [0.1, 0.15) is 5.69 Å². The molecule has 1 heterocycles. The van der Waals surface area contributed by atoms with Crippen LogP contribution >= 0.6 is 12.4 Å². The van der Waals surface area contributed by atoms with Gasteiger partial charge in [-0.1, -0.05) is 12.8 Å². The average molecular weight is 257 g/mol. The highest BCUT2D eigenvalue weighted by Gasteiger charge is 2.23. The number of hydrogen-bond acceptors (Lipinski definition) is 4. The van der Waals surface area contributed by atoms with Crippen molar-refractivity contribution in [2.24, 2.45) is 5.73 Å². The van der Waals surface area contributed by atoms with E-state index in [2.05, 4.69) is 15.3 Å². The molecular formula is C11H17ClN4O. The minimum Gasteiger partial charge on any atom is -0.346 e. The first-order valence-corrected chi connectivity index (χ1v) is 5.60. The summed E-state index contributed by atoms with van der Waals surface area (Å²) in [5.41, 5.74) is 6.30. The highest BCUT2D eigenvalue weighted by atomic mass is 35.5. The number of halogens is 1. The van der Waals surface area contributed by atoms with Gasteiger partial charge in [0, 0.05) is 24.5 Å². The molecule has 1 aliphatic carbocycles. The minimum atomic E-state index is -0.185. The molecule has 0 aromatic carbocycles. The molecule has 1 aromatic rings. The molecule has 6 heteroatoms. The number of carbonyl (C=O) groups is 1. The molecule has 0 radical (unpaired) electrons. The van der Waals surface area contributed by atoms with E-state index in [1.165, 1.54) is 12.4 Å². The van der Waals surface area contributed by atoms with Crippen LogP contribution < -0.4 is 11.1 Å². The molecule has 0 spiro atoms. The Morgan fingerprint density at radius 1 is 1.35 bits per heavy atom. The van der Waals surface area contributed by atoms with Gasteiger partial charge in [-0.05, 0) is 12.8 Å². The number of rotatable bonds is 2. The fourth-order valence-corrected chi connectivity index (χ4v) is 2.00. The zero-order valence-corrected chi connectivity index (χ0v) is 10.3. The number of amides is 1. The summed E-state index contributed by atoms with van der Waals surface area (Å²) in [6.45, 7) is 0. The summed E-state index contributed by atoms with van der Waals surface area (Å²) < 4.78 is 0. The predicted molar refractivity (Wildman–Crippen MR) is 67.0 cm³/mol. The third kappa shape index (κ3) is 3.64. The maximum absolute atomic E-state index is 11.8. The molecule has 3 N–H and O–H groups in total. The molecule has 0 saturated heterocycles. The molecule has 2 atom stereocenters. The van der Waals surface area contributed by atoms with Crippen LogP contribution in [0.2, 0.25) is 0 Å². The summed E-state index contributed by atoms with van der Waals surface area (Å²) in [6, 6.07) is 0.137. The number of nitrogens with one attached hydrogen (secondary N) is 1. The van der Waals surface area contributed by atoms with E-state index in [0.717, 1.165) is 25.7 Å². The Morgan fingerprint density at radius 3 is 2.76 bits per heavy atom. The molecular weight excluding hydrogens is 240 g/mol. The molecule has 0 bridgehead atoms. The standard InChI is InChI=1S/C11H16N4O.ClH/c12-8-3-1-2-4-9(8)15-11(16)10-7-13-5-6-14-10;/h5-9H,1-4,12H2,(H,15,16);1H. The number of aromatic nitrogens is 2. The first-order chi connectivity index (χ1) is 7.77. The maximum atomic E-state index is 11.8. The van der Waals surface area contributed by atoms with E-state index < -0.39 is 0 Å². The van der Waals surface area contributed by atoms with Crippen molar-refractivity contribution < 1.29 is 4.79 Å². The molecule has 1 amide bonds. The predicted octanol–water partition coefficient (Wildman–Crippen LogP) is 0.898. The summed E-state index contributed by atoms with van der Waals surface area (Å²) >= 11 is 0. The molecule has 1 saturated carbocycles. The highest BCUT2D eigenvalue weighted by Crippen LogP contribution is 2.17. The second kappa shape index (κ2) is 6.51. The van der Waals surface area contributed by atoms with E-state index in [9.17, 15) is 4.79 Å². The second-order valence-electron chi connectivity index (χ2n) is 4.12. The van der Waals surface area contributed by atoms with Crippen molar-refractivity contribution in [2.45, 2.75) is 37.8 Å². The number of nitrogens with two attached hydrogens (primary N) is 1. The average Bonchev–Trinajstić information content (AvgIpc) is 2.33. The van der Waals surface area contributed by atoms with E-state index >= 15 is 0 Å². The van der Waals surface area contributed by atoms with Gasteiger partial charge in [0.15, 0.2) is 0 Å². The van der Waals surface area contributed by atoms with Crippen LogP contribution in [0.5, 0.6) is 0 Å². The Bertz CT molecular complexity index is 360. The lowest BCUT2D eigenvalue weighted by Gasteiger charge is -2.29. The van der Waals surface area contributed by atoms with Gasteiger partial charge in [-0.25, -0.2) is 4.98 Å². The molecule has 1 aromatic heterocycles. The van der Waals surface area contributed by atoms with Crippen LogP contribution in [-0.2, 0) is 0 Å². The molecule has 94 valence electrons. The minimum absolute atomic E-state index is 0. The molecule has 0 aliphatic heterocycles. The molecule has 2 rings (SSSR count). The van der Waals surface area contributed by atoms with Gasteiger partial charge in [-0.2, -0.15) is 0 Å². The van der Waals surface area contributed by atoms with E-state index in [4.69, 9.17) is 5.73 Å². The van der Waals surface area contributed by atoms with Gasteiger partial charge in [0.2, 0.25) is 0 Å². The summed E-state index contributed by atoms with van der Waals surface area (Å²) in [5.74, 6) is -0.185. The van der Waals surface area contributed by atoms with E-state index in [0.29, 0.717) is 5.69 Å². The van der Waals surface area contributed by atoms with Crippen molar-refractivity contribution in [3.8, 4) is 0 Å². The number of hydrogen-bond donors (Lipinski definition) is 2. The van der Waals surface area contributed by atoms with Gasteiger partial charge in [0.05, 0.1) is 6.20 Å². The Labute approximate surface area is 107 Å². The molecule has 5 nitrogen and oxygen atoms in total. The largest absolute Gasteiger partial charge is 0.346 e. The molecule has 1 aliphatic rings. The topological polar surface area (TPSA) is 80.9 Å². The highest BCUT2D eigenvalue weighted by molar-refractivity contribution is 5.92. The van der Waals surface area contributed by atoms with Crippen LogP contribution in [0.15, 0.2) is 18.6 Å². The van der Waals surface area contributed by atoms with Gasteiger partial charge in [0.25, 0.3) is 5.91 Å². The van der Waals surface area contributed by atoms with Crippen molar-refractivity contribution in [3.05, 3.63) is 24.3 Å². The van der Waals surface area contributed by atoms with Gasteiger partial charge in [-0.15, -0.1) is 12.4 Å². The number of nitrogens with zero attached hydrogens (tertiary/aromatic N) is 2. The second-order valence-corrected chi connectivity index (χ2v) is 4.12. The van der Waals surface area contributed by atoms with Crippen LogP contribution in [-0.4, -0.2) is 28.0 Å². The molecule has 2 unspecified atom stereocenters. The van der Waals surface area contributed by atoms with Crippen LogP contribution in [0, 0.1) is 0 Å². The zero-order valence-electron chi connectivity index (χ0n) is 9.50. The van der Waals surface area contributed by atoms with E-state index in [1.807, 2.05) is 0 Å². The lowest BCUT2D eigenvalue weighted by Crippen LogP contribution is -2.49. The van der Waals surface area contributed by atoms with Crippen LogP contribution in [0.25, 0.3) is 0 Å². The monoisotopic (exact) mass is 256 g/mol. The van der Waals surface area contributed by atoms with Crippen LogP contribution in [0.4, 0.5) is 0 Å². The van der Waals surface area contributed by atoms with Crippen molar-refractivity contribution in [1.29, 1.82) is 0 Å². The van der Waals surface area contributed by atoms with Crippen molar-refractivity contribution >= 4 is 18.3 Å². The van der Waals surface area contributed by atoms with Gasteiger partial charge >= 0.3 is 0 Å². The smallest absolute Gasteiger partial charge is 0.271 e. The Balaban J connectivity index is 0.00000144. The molecule has 17 heavy (non-hydrogen) atoms. The fraction of sp³-hybridized carbons (Fsp3) is 0.545. The zero-order chi connectivity index (χ0) is 11.4. The lowest BCUT2D eigenvalue weighted by molar-refractivity contribution is 0.0916. The molecule has 1 fully saturated rings. The maximum Gasteiger partial charge on any atom is 0.271 e. The first kappa shape index (κ1) is 13.9. The normalized spacial score (nSPS) is 23.6. The third-order valence-corrected chi connectivity index (χ3v) is 2.93. The Hall–Kier alpha value is -1.20. The van der Waals surface area contributed by atoms with Crippen molar-refractivity contribution in [1.82, 2.24) is 15.3 Å². The lowest BCUT2D eigenvalue weighted by atomic mass is 9.91. The van der Waals surface area contributed by atoms with Gasteiger partial charge in [-0.3, -0.25) is 9.78 Å². The summed E-state index contributed by atoms with van der Waals surface area (Å²) in [5, 5.41) is 2.92. The first-order valence-electron chi connectivity index (χ1n) is 5.60. The third-order valence-electron chi connectivity index (χ3n) is 2.93. The summed E-state index contributed by atoms with van der Waals surface area (Å²) in [4.78, 5) is 19.6. The summed E-state index contributed by atoms with van der Waals surface area (Å²) in [7, 11) is 0. The van der Waals surface area contributed by atoms with Gasteiger partial charge < -0.3 is 11.1 Å². The Morgan fingerprint density at radius 2 is 2.12 bits per heavy atom. The Kier molecular flexibility index (Phi) is 5.31. The van der Waals surface area contributed by atoms with E-state index in [1.54, 1.807) is 6.20 Å². The fourth-order valence-electron chi connectivity index (χ4n) is 2.00. The van der Waals surface area contributed by atoms with Crippen LogP contribution in [0.3, 0.4) is 0 Å². The van der Waals surface area contributed by atoms with E-state index in [-0.39, 0.29) is 30.4 Å². The number of carbonyl (C=O) groups excluding carboxylic acids is 1.